The third-order valence-electron chi connectivity index (χ3n) is 7.11. The molecule has 2 saturated heterocycles. The van der Waals surface area contributed by atoms with Gasteiger partial charge in [0.05, 0.1) is 25.0 Å². The summed E-state index contributed by atoms with van der Waals surface area (Å²) in [6.07, 6.45) is -1.74. The molecule has 3 aromatic carbocycles. The van der Waals surface area contributed by atoms with Crippen LogP contribution in [0.2, 0.25) is 5.02 Å². The van der Waals surface area contributed by atoms with Crippen LogP contribution in [0.15, 0.2) is 71.9 Å². The first-order chi connectivity index (χ1) is 18.3. The minimum absolute atomic E-state index is 0.0236. The zero-order valence-electron chi connectivity index (χ0n) is 21.1. The highest BCUT2D eigenvalue weighted by molar-refractivity contribution is 6.31. The van der Waals surface area contributed by atoms with E-state index in [1.165, 1.54) is 7.11 Å². The molecule has 2 aliphatic heterocycles. The maximum atomic E-state index is 10.5. The molecule has 5 rings (SSSR count). The number of rotatable bonds is 8. The van der Waals surface area contributed by atoms with Crippen LogP contribution in [0.1, 0.15) is 35.6 Å². The number of nitrogens with zero attached hydrogens (tertiary/aromatic N) is 1. The minimum atomic E-state index is -1.36. The van der Waals surface area contributed by atoms with E-state index in [4.69, 9.17) is 30.6 Å². The molecule has 3 N–H and O–H groups in total. The second-order valence-corrected chi connectivity index (χ2v) is 10.1. The van der Waals surface area contributed by atoms with Gasteiger partial charge in [0.1, 0.15) is 30.3 Å². The van der Waals surface area contributed by atoms with Gasteiger partial charge >= 0.3 is 0 Å². The normalized spacial score (nSPS) is 26.8. The molecule has 2 bridgehead atoms. The first-order valence-corrected chi connectivity index (χ1v) is 12.7. The lowest BCUT2D eigenvalue weighted by Crippen LogP contribution is -2.59. The minimum Gasteiger partial charge on any atom is -0.457 e. The van der Waals surface area contributed by atoms with Crippen molar-refractivity contribution in [3.8, 4) is 11.5 Å². The number of oxime groups is 1. The summed E-state index contributed by atoms with van der Waals surface area (Å²) in [5.74, 6) is 0.143. The monoisotopic (exact) mass is 539 g/mol. The van der Waals surface area contributed by atoms with Crippen LogP contribution in [-0.2, 0) is 26.5 Å². The summed E-state index contributed by atoms with van der Waals surface area (Å²) in [4.78, 5) is 4.82. The topological polar surface area (TPSA) is 110 Å². The van der Waals surface area contributed by atoms with Crippen LogP contribution in [0.5, 0.6) is 11.5 Å². The summed E-state index contributed by atoms with van der Waals surface area (Å²) in [6.45, 7) is 1.39. The molecule has 2 fully saturated rings. The van der Waals surface area contributed by atoms with E-state index in [2.05, 4.69) is 5.16 Å². The van der Waals surface area contributed by atoms with Crippen molar-refractivity contribution in [3.63, 3.8) is 0 Å². The molecule has 0 radical (unpaired) electrons. The van der Waals surface area contributed by atoms with Gasteiger partial charge in [-0.3, -0.25) is 0 Å². The Labute approximate surface area is 226 Å². The Morgan fingerprint density at radius 1 is 1.05 bits per heavy atom. The molecule has 0 unspecified atom stereocenters. The number of halogens is 1. The van der Waals surface area contributed by atoms with Gasteiger partial charge in [0.25, 0.3) is 0 Å². The quantitative estimate of drug-likeness (QED) is 0.291. The summed E-state index contributed by atoms with van der Waals surface area (Å²) in [5.41, 5.74) is 2.92. The molecule has 0 spiro atoms. The van der Waals surface area contributed by atoms with Crippen molar-refractivity contribution in [1.82, 2.24) is 0 Å². The number of hydrogen-bond donors (Lipinski definition) is 3. The fraction of sp³-hybridized carbons (Fsp3) is 0.345. The number of aliphatic hydroxyl groups is 3. The van der Waals surface area contributed by atoms with Crippen molar-refractivity contribution >= 4 is 17.3 Å². The molecule has 4 atom stereocenters. The van der Waals surface area contributed by atoms with E-state index in [1.54, 1.807) is 12.1 Å². The largest absolute Gasteiger partial charge is 0.457 e. The van der Waals surface area contributed by atoms with Crippen LogP contribution in [0, 0.1) is 0 Å². The zero-order chi connectivity index (χ0) is 26.9. The third kappa shape index (κ3) is 5.03. The first-order valence-electron chi connectivity index (χ1n) is 12.3. The first kappa shape index (κ1) is 26.6. The number of hydrogen-bond acceptors (Lipinski definition) is 8. The maximum Gasteiger partial charge on any atom is 0.198 e. The van der Waals surface area contributed by atoms with Crippen molar-refractivity contribution in [2.45, 2.75) is 43.4 Å². The van der Waals surface area contributed by atoms with Gasteiger partial charge in [0.15, 0.2) is 5.79 Å². The van der Waals surface area contributed by atoms with Crippen molar-refractivity contribution in [1.29, 1.82) is 0 Å². The van der Waals surface area contributed by atoms with Gasteiger partial charge in [-0.05, 0) is 78.6 Å². The van der Waals surface area contributed by atoms with E-state index in [9.17, 15) is 15.3 Å². The van der Waals surface area contributed by atoms with Gasteiger partial charge in [-0.1, -0.05) is 35.0 Å². The lowest BCUT2D eigenvalue weighted by Gasteiger charge is -2.42. The number of benzene rings is 3. The highest BCUT2D eigenvalue weighted by atomic mass is 35.5. The zero-order valence-corrected chi connectivity index (χ0v) is 21.9. The standard InChI is InChI=1S/C29H30ClNO7/c1-18(31-35-2)20-5-10-24(11-6-20)37-23-8-3-19(4-9-23)13-21-14-22(7-12-25(21)30)29-15-26(33)27(34)28(16-32,38-29)17-36-29/h3-12,14,26-27,32-34H,13,15-17H2,1-2H3/b31-18-/t26-,27+,28+,29-/m1/s1. The summed E-state index contributed by atoms with van der Waals surface area (Å²) in [6, 6.07) is 20.8. The van der Waals surface area contributed by atoms with E-state index >= 15 is 0 Å². The Hall–Kier alpha value is -2.98. The molecule has 9 heteroatoms. The van der Waals surface area contributed by atoms with Gasteiger partial charge in [0, 0.05) is 17.0 Å². The van der Waals surface area contributed by atoms with Gasteiger partial charge in [-0.15, -0.1) is 0 Å². The Kier molecular flexibility index (Phi) is 7.46. The van der Waals surface area contributed by atoms with Crippen molar-refractivity contribution in [2.75, 3.05) is 20.3 Å². The molecular formula is C29H30ClNO7. The van der Waals surface area contributed by atoms with Crippen LogP contribution >= 0.6 is 11.6 Å². The molecule has 8 nitrogen and oxygen atoms in total. The smallest absolute Gasteiger partial charge is 0.198 e. The predicted octanol–water partition coefficient (Wildman–Crippen LogP) is 4.15. The highest BCUT2D eigenvalue weighted by Gasteiger charge is 2.62. The van der Waals surface area contributed by atoms with Gasteiger partial charge in [-0.25, -0.2) is 0 Å². The number of aliphatic hydroxyl groups excluding tert-OH is 3. The Morgan fingerprint density at radius 3 is 2.39 bits per heavy atom. The molecule has 0 saturated carbocycles. The average molecular weight is 540 g/mol. The summed E-state index contributed by atoms with van der Waals surface area (Å²) < 4.78 is 18.0. The molecule has 0 aliphatic carbocycles. The van der Waals surface area contributed by atoms with E-state index in [1.807, 2.05) is 61.5 Å². The second kappa shape index (κ2) is 10.6. The van der Waals surface area contributed by atoms with E-state index in [0.717, 1.165) is 22.4 Å². The van der Waals surface area contributed by atoms with Crippen molar-refractivity contribution < 1.29 is 34.4 Å². The maximum absolute atomic E-state index is 10.5. The van der Waals surface area contributed by atoms with Gasteiger partial charge < -0.3 is 34.4 Å². The fourth-order valence-corrected chi connectivity index (χ4v) is 5.16. The Bertz CT molecular complexity index is 1310. The Balaban J connectivity index is 1.30. The third-order valence-corrected chi connectivity index (χ3v) is 7.47. The number of fused-ring (bicyclic) bond motifs is 2. The summed E-state index contributed by atoms with van der Waals surface area (Å²) in [5, 5.41) is 35.2. The van der Waals surface area contributed by atoms with Crippen molar-refractivity contribution in [3.05, 3.63) is 94.0 Å². The van der Waals surface area contributed by atoms with E-state index in [-0.39, 0.29) is 13.0 Å². The van der Waals surface area contributed by atoms with E-state index in [0.29, 0.717) is 28.5 Å². The van der Waals surface area contributed by atoms with Crippen LogP contribution in [-0.4, -0.2) is 59.2 Å². The van der Waals surface area contributed by atoms with Gasteiger partial charge in [0.2, 0.25) is 0 Å². The molecule has 200 valence electrons. The lowest BCUT2D eigenvalue weighted by atomic mass is 9.85. The predicted molar refractivity (Wildman–Crippen MR) is 142 cm³/mol. The SMILES string of the molecule is CO/N=C(/C)c1ccc(Oc2ccc(Cc3cc([C@]45C[C@@H](O)[C@H](O)[C@](CO)(CO4)O5)ccc3Cl)cc2)cc1. The second-order valence-electron chi connectivity index (χ2n) is 9.70. The molecule has 0 aromatic heterocycles. The molecular weight excluding hydrogens is 510 g/mol. The lowest BCUT2D eigenvalue weighted by molar-refractivity contribution is -0.281. The number of ether oxygens (including phenoxy) is 3. The van der Waals surface area contributed by atoms with Crippen LogP contribution in [0.3, 0.4) is 0 Å². The molecule has 2 heterocycles. The summed E-state index contributed by atoms with van der Waals surface area (Å²) in [7, 11) is 1.52. The van der Waals surface area contributed by atoms with Crippen LogP contribution in [0.4, 0.5) is 0 Å². The molecule has 3 aromatic rings. The molecule has 38 heavy (non-hydrogen) atoms. The van der Waals surface area contributed by atoms with Crippen LogP contribution < -0.4 is 4.74 Å². The molecule has 0 amide bonds. The van der Waals surface area contributed by atoms with Gasteiger partial charge in [-0.2, -0.15) is 0 Å². The Morgan fingerprint density at radius 2 is 1.74 bits per heavy atom. The fourth-order valence-electron chi connectivity index (χ4n) is 4.97. The summed E-state index contributed by atoms with van der Waals surface area (Å²) >= 11 is 6.53. The molecule has 2 aliphatic rings. The average Bonchev–Trinajstić information content (AvgIpc) is 3.27. The highest BCUT2D eigenvalue weighted by Crippen LogP contribution is 2.49. The van der Waals surface area contributed by atoms with Crippen molar-refractivity contribution in [2.24, 2.45) is 5.16 Å². The van der Waals surface area contributed by atoms with E-state index < -0.39 is 30.2 Å². The van der Waals surface area contributed by atoms with Crippen LogP contribution in [0.25, 0.3) is 0 Å².